The molecule has 0 saturated carbocycles. The lowest BCUT2D eigenvalue weighted by Gasteiger charge is -2.33. The quantitative estimate of drug-likeness (QED) is 0.0760. The first-order valence-corrected chi connectivity index (χ1v) is 27.4. The van der Waals surface area contributed by atoms with Crippen LogP contribution in [0.25, 0.3) is 0 Å². The van der Waals surface area contributed by atoms with Crippen molar-refractivity contribution >= 4 is 38.1 Å². The number of alkyl halides is 6. The standard InChI is InChI=1S/C25H34F3N5O4S.C20H30F3N3O2.C5H5FN2O2S/c1-23(2,3)37-22(34)33-15-16(14-24(33,4)5)12-13-18(17-8-6-9-19(30-17)25(26,27)28)31-20-10-7-11-21(32-20)38(29,35)36;1-18(2,3)28-17(27)26-12-13(11-19(26,4)5)9-10-14(24)15-7-6-8-16(25-15)20(21,22)23;6-4-2-1-3-5(8-4)11(7,9)10/h6-11,16,18H,12-15H2,1-5H3,(H,31,32)(H2,29,35,36);6-8,13-14H,9-12,24H2,1-5H3;1-3H,(H2,7,9,10)/t16-,18?;13-,14?;/m00./s1. The van der Waals surface area contributed by atoms with Gasteiger partial charge in [-0.05, 0) is 168 Å². The summed E-state index contributed by atoms with van der Waals surface area (Å²) in [4.78, 5) is 43.2. The van der Waals surface area contributed by atoms with Crippen LogP contribution >= 0.6 is 0 Å². The van der Waals surface area contributed by atoms with Gasteiger partial charge in [0.25, 0.3) is 20.0 Å². The molecule has 77 heavy (non-hydrogen) atoms. The number of pyridine rings is 4. The molecule has 4 aromatic rings. The van der Waals surface area contributed by atoms with E-state index in [4.69, 9.17) is 20.3 Å². The highest BCUT2D eigenvalue weighted by Crippen LogP contribution is 2.40. The van der Waals surface area contributed by atoms with E-state index in [1.54, 1.807) is 30.6 Å². The van der Waals surface area contributed by atoms with Crippen LogP contribution in [0.15, 0.2) is 82.8 Å². The van der Waals surface area contributed by atoms with E-state index >= 15 is 0 Å². The summed E-state index contributed by atoms with van der Waals surface area (Å²) in [5, 5.41) is 12.0. The molecule has 4 atom stereocenters. The van der Waals surface area contributed by atoms with Crippen LogP contribution in [-0.4, -0.2) is 94.1 Å². The zero-order valence-electron chi connectivity index (χ0n) is 44.5. The van der Waals surface area contributed by atoms with E-state index in [0.717, 1.165) is 30.7 Å². The number of sulfonamides is 2. The maximum atomic E-state index is 13.4. The molecular formula is C50H69F7N10O8S2. The Morgan fingerprint density at radius 3 is 1.45 bits per heavy atom. The van der Waals surface area contributed by atoms with Crippen LogP contribution in [-0.2, 0) is 41.9 Å². The van der Waals surface area contributed by atoms with Gasteiger partial charge in [-0.15, -0.1) is 0 Å². The molecule has 2 aliphatic heterocycles. The first-order chi connectivity index (χ1) is 35.0. The minimum Gasteiger partial charge on any atom is -0.444 e. The SMILES string of the molecule is CC(C)(C)OC(=O)N1C[C@@H](CCC(N)c2cccc(C(F)(F)F)n2)CC1(C)C.CC(C)(C)OC(=O)N1C[C@@H](CCC(Nc2cccc(S(N)(=O)=O)n2)c2cccc(C(F)(F)F)n2)CC1(C)C.NS(=O)(=O)c1cccc(F)n1. The molecule has 428 valence electrons. The van der Waals surface area contributed by atoms with Crippen molar-refractivity contribution < 1.29 is 66.6 Å². The third-order valence-electron chi connectivity index (χ3n) is 12.1. The van der Waals surface area contributed by atoms with Crippen LogP contribution < -0.4 is 21.3 Å². The molecule has 6 rings (SSSR count). The molecular weight excluding hydrogens is 1070 g/mol. The van der Waals surface area contributed by atoms with Crippen molar-refractivity contribution in [2.24, 2.45) is 27.8 Å². The molecule has 2 saturated heterocycles. The van der Waals surface area contributed by atoms with Crippen molar-refractivity contribution in [3.05, 3.63) is 102 Å². The second kappa shape index (κ2) is 24.5. The number of ether oxygens (including phenoxy) is 2. The van der Waals surface area contributed by atoms with E-state index in [2.05, 4.69) is 30.4 Å². The van der Waals surface area contributed by atoms with Crippen molar-refractivity contribution in [2.75, 3.05) is 18.4 Å². The zero-order valence-corrected chi connectivity index (χ0v) is 46.2. The molecule has 2 aliphatic rings. The van der Waals surface area contributed by atoms with Gasteiger partial charge in [-0.25, -0.2) is 56.6 Å². The predicted molar refractivity (Wildman–Crippen MR) is 272 cm³/mol. The number of hydrogen-bond acceptors (Lipinski definition) is 14. The summed E-state index contributed by atoms with van der Waals surface area (Å²) in [5.74, 6) is -0.477. The number of nitrogens with two attached hydrogens (primary N) is 3. The van der Waals surface area contributed by atoms with E-state index in [-0.39, 0.29) is 45.7 Å². The van der Waals surface area contributed by atoms with Crippen molar-refractivity contribution in [3.8, 4) is 0 Å². The summed E-state index contributed by atoms with van der Waals surface area (Å²) >= 11 is 0. The summed E-state index contributed by atoms with van der Waals surface area (Å²) in [7, 11) is -7.96. The van der Waals surface area contributed by atoms with Gasteiger partial charge in [0.2, 0.25) is 5.95 Å². The first kappa shape index (κ1) is 63.8. The average Bonchev–Trinajstić information content (AvgIpc) is 3.78. The predicted octanol–water partition coefficient (Wildman–Crippen LogP) is 9.90. The minimum absolute atomic E-state index is 0.0522. The average molecular weight is 1140 g/mol. The molecule has 0 bridgehead atoms. The van der Waals surface area contributed by atoms with Gasteiger partial charge in [-0.3, -0.25) is 0 Å². The summed E-state index contributed by atoms with van der Waals surface area (Å²) < 4.78 is 146. The fourth-order valence-corrected chi connectivity index (χ4v) is 9.67. The molecule has 27 heteroatoms. The van der Waals surface area contributed by atoms with Gasteiger partial charge in [0, 0.05) is 30.2 Å². The lowest BCUT2D eigenvalue weighted by Crippen LogP contribution is -2.45. The number of aromatic nitrogens is 4. The molecule has 2 amide bonds. The number of primary sulfonamides is 2. The molecule has 7 N–H and O–H groups in total. The van der Waals surface area contributed by atoms with Crippen molar-refractivity contribution in [1.29, 1.82) is 0 Å². The Balaban J connectivity index is 0.000000285. The Labute approximate surface area is 445 Å². The highest BCUT2D eigenvalue weighted by atomic mass is 32.2. The van der Waals surface area contributed by atoms with Crippen LogP contribution in [0, 0.1) is 17.8 Å². The summed E-state index contributed by atoms with van der Waals surface area (Å²) in [5.41, 5.74) is 2.47. The third kappa shape index (κ3) is 19.9. The minimum atomic E-state index is -4.63. The van der Waals surface area contributed by atoms with Crippen LogP contribution in [0.1, 0.15) is 143 Å². The Morgan fingerprint density at radius 2 is 1.04 bits per heavy atom. The summed E-state index contributed by atoms with van der Waals surface area (Å²) in [6.45, 7) is 19.7. The number of hydrogen-bond donors (Lipinski definition) is 4. The normalized spacial score (nSPS) is 18.5. The highest BCUT2D eigenvalue weighted by Gasteiger charge is 2.44. The molecule has 0 aliphatic carbocycles. The van der Waals surface area contributed by atoms with Gasteiger partial charge in [0.05, 0.1) is 17.4 Å². The topological polar surface area (TPSA) is 269 Å². The van der Waals surface area contributed by atoms with Crippen LogP contribution in [0.5, 0.6) is 0 Å². The number of halogens is 7. The molecule has 0 aromatic carbocycles. The van der Waals surface area contributed by atoms with Crippen molar-refractivity contribution in [2.45, 2.75) is 165 Å². The molecule has 6 heterocycles. The van der Waals surface area contributed by atoms with Crippen LogP contribution in [0.4, 0.5) is 46.1 Å². The maximum absolute atomic E-state index is 13.4. The van der Waals surface area contributed by atoms with Gasteiger partial charge in [0.15, 0.2) is 10.1 Å². The lowest BCUT2D eigenvalue weighted by molar-refractivity contribution is -0.142. The fraction of sp³-hybridized carbons (Fsp3) is 0.560. The third-order valence-corrected chi connectivity index (χ3v) is 13.7. The van der Waals surface area contributed by atoms with Gasteiger partial charge in [-0.2, -0.15) is 30.7 Å². The smallest absolute Gasteiger partial charge is 0.433 e. The van der Waals surface area contributed by atoms with Gasteiger partial charge >= 0.3 is 24.5 Å². The van der Waals surface area contributed by atoms with E-state index < -0.39 is 89.7 Å². The number of carbonyl (C=O) groups excluding carboxylic acids is 2. The molecule has 0 radical (unpaired) electrons. The van der Waals surface area contributed by atoms with Gasteiger partial charge in [-0.1, -0.05) is 24.3 Å². The number of likely N-dealkylation sites (tertiary alicyclic amines) is 2. The molecule has 18 nitrogen and oxygen atoms in total. The first-order valence-electron chi connectivity index (χ1n) is 24.3. The van der Waals surface area contributed by atoms with Crippen LogP contribution in [0.3, 0.4) is 0 Å². The number of rotatable bonds is 12. The zero-order chi connectivity index (χ0) is 58.3. The number of amides is 2. The Hall–Kier alpha value is -5.77. The monoisotopic (exact) mass is 1130 g/mol. The molecule has 0 spiro atoms. The van der Waals surface area contributed by atoms with E-state index in [9.17, 15) is 57.2 Å². The summed E-state index contributed by atoms with van der Waals surface area (Å²) in [6, 6.07) is 13.7. The maximum Gasteiger partial charge on any atom is 0.433 e. The van der Waals surface area contributed by atoms with E-state index in [1.165, 1.54) is 48.5 Å². The van der Waals surface area contributed by atoms with Crippen LogP contribution in [0.2, 0.25) is 0 Å². The second-order valence-corrected chi connectivity index (χ2v) is 25.1. The molecule has 2 fully saturated rings. The second-order valence-electron chi connectivity index (χ2n) is 22.0. The van der Waals surface area contributed by atoms with Gasteiger partial charge in [0.1, 0.15) is 28.4 Å². The Kier molecular flexibility index (Phi) is 20.3. The van der Waals surface area contributed by atoms with Crippen molar-refractivity contribution in [1.82, 2.24) is 29.7 Å². The largest absolute Gasteiger partial charge is 0.444 e. The Morgan fingerprint density at radius 1 is 0.636 bits per heavy atom. The number of nitrogens with zero attached hydrogens (tertiary/aromatic N) is 6. The fourth-order valence-electron chi connectivity index (χ4n) is 8.70. The number of nitrogens with one attached hydrogen (secondary N) is 1. The number of anilines is 1. The Bertz CT molecular complexity index is 2900. The van der Waals surface area contributed by atoms with Crippen molar-refractivity contribution in [3.63, 3.8) is 0 Å². The highest BCUT2D eigenvalue weighted by molar-refractivity contribution is 7.89. The van der Waals surface area contributed by atoms with E-state index in [1.807, 2.05) is 48.5 Å². The van der Waals surface area contributed by atoms with Gasteiger partial charge < -0.3 is 30.3 Å². The summed E-state index contributed by atoms with van der Waals surface area (Å²) in [6.07, 6.45) is -6.32. The molecule has 2 unspecified atom stereocenters. The lowest BCUT2D eigenvalue weighted by atomic mass is 9.91. The van der Waals surface area contributed by atoms with E-state index in [0.29, 0.717) is 45.2 Å². The number of carbonyl (C=O) groups is 2. The molecule has 4 aromatic heterocycles.